The first-order valence-corrected chi connectivity index (χ1v) is 28.4. The van der Waals surface area contributed by atoms with Gasteiger partial charge in [0.2, 0.25) is 0 Å². The maximum Gasteiger partial charge on any atom is 0.0811 e. The second kappa shape index (κ2) is 36.3. The highest BCUT2D eigenvalue weighted by Gasteiger charge is 2.47. The maximum absolute atomic E-state index is 6.42. The highest BCUT2D eigenvalue weighted by molar-refractivity contribution is 5.12. The Kier molecular flexibility index (Phi) is 32.7. The van der Waals surface area contributed by atoms with E-state index in [1.54, 1.807) is 5.57 Å². The summed E-state index contributed by atoms with van der Waals surface area (Å²) in [5.41, 5.74) is 2.46. The van der Waals surface area contributed by atoms with Crippen LogP contribution in [0.3, 0.4) is 0 Å². The van der Waals surface area contributed by atoms with Gasteiger partial charge in [-0.25, -0.2) is 0 Å². The van der Waals surface area contributed by atoms with Crippen LogP contribution in [0.15, 0.2) is 23.8 Å². The van der Waals surface area contributed by atoms with E-state index in [1.165, 1.54) is 154 Å². The quantitative estimate of drug-likeness (QED) is 0.0456. The molecule has 5 nitrogen and oxygen atoms in total. The van der Waals surface area contributed by atoms with Gasteiger partial charge < -0.3 is 23.7 Å². The fourth-order valence-corrected chi connectivity index (χ4v) is 12.0. The molecule has 0 radical (unpaired) electrons. The van der Waals surface area contributed by atoms with E-state index in [9.17, 15) is 0 Å². The Hall–Kier alpha value is -0.720. The number of hydrogen-bond donors (Lipinski definition) is 0. The fourth-order valence-electron chi connectivity index (χ4n) is 12.0. The van der Waals surface area contributed by atoms with E-state index in [0.717, 1.165) is 121 Å². The van der Waals surface area contributed by atoms with Crippen LogP contribution in [0.4, 0.5) is 0 Å². The minimum absolute atomic E-state index is 0.178. The predicted molar refractivity (Wildman–Crippen MR) is 275 cm³/mol. The van der Waals surface area contributed by atoms with Crippen molar-refractivity contribution in [1.29, 1.82) is 0 Å². The third-order valence-corrected chi connectivity index (χ3v) is 16.5. The summed E-state index contributed by atoms with van der Waals surface area (Å²) in [6.07, 6.45) is 47.9. The van der Waals surface area contributed by atoms with Gasteiger partial charge in [0.05, 0.1) is 12.7 Å². The van der Waals surface area contributed by atoms with E-state index in [1.807, 2.05) is 0 Å². The minimum Gasteiger partial charge on any atom is -0.381 e. The first-order chi connectivity index (χ1) is 31.2. The van der Waals surface area contributed by atoms with Crippen LogP contribution in [0.1, 0.15) is 248 Å². The molecule has 376 valence electrons. The molecule has 1 saturated heterocycles. The van der Waals surface area contributed by atoms with Gasteiger partial charge in [0.1, 0.15) is 0 Å². The molecule has 0 amide bonds. The molecular formula is C59H110O5. The van der Waals surface area contributed by atoms with Gasteiger partial charge >= 0.3 is 0 Å². The largest absolute Gasteiger partial charge is 0.381 e. The monoisotopic (exact) mass is 899 g/mol. The molecule has 0 aromatic heterocycles. The van der Waals surface area contributed by atoms with Crippen LogP contribution in [-0.4, -0.2) is 65.6 Å². The summed E-state index contributed by atoms with van der Waals surface area (Å²) in [4.78, 5) is 0. The highest BCUT2D eigenvalue weighted by atomic mass is 16.5. The van der Waals surface area contributed by atoms with E-state index in [0.29, 0.717) is 23.4 Å². The molecule has 2 fully saturated rings. The summed E-state index contributed by atoms with van der Waals surface area (Å²) in [6, 6.07) is 0. The molecule has 1 aliphatic heterocycles. The van der Waals surface area contributed by atoms with Gasteiger partial charge in [-0.2, -0.15) is 0 Å². The lowest BCUT2D eigenvalue weighted by Gasteiger charge is -2.42. The van der Waals surface area contributed by atoms with Crippen molar-refractivity contribution in [3.05, 3.63) is 23.8 Å². The van der Waals surface area contributed by atoms with E-state index in [4.69, 9.17) is 23.7 Å². The average molecular weight is 900 g/mol. The Bertz CT molecular complexity index is 1140. The standard InChI is InChI=1S/C59H110O5/c1-8-9-10-11-12-13-14-15-16-17-18-19-20-21-22-23-41-63-50-56(49-54-36-47-62-48-37-54)64-46-29-45-61-44-28-43-60-42-27-39-58(6)38-26-40-59(7)55(33-25-32-53(58)5)34-35-57(59)52(4)31-24-30-51(2)3/h15-16,32,51-52,54-57H,8-14,17-31,33-50H2,1-7H3/t52-,55-,56?,57-,58+,59+/m1/s1. The number of ether oxygens (including phenoxy) is 5. The minimum atomic E-state index is 0.178. The molecule has 1 heterocycles. The lowest BCUT2D eigenvalue weighted by atomic mass is 9.63. The Morgan fingerprint density at radius 1 is 0.656 bits per heavy atom. The number of unbranched alkanes of at least 4 members (excludes halogenated alkanes) is 12. The smallest absolute Gasteiger partial charge is 0.0811 e. The molecule has 1 saturated carbocycles. The first-order valence-electron chi connectivity index (χ1n) is 28.4. The summed E-state index contributed by atoms with van der Waals surface area (Å²) in [5.74, 6) is 4.22. The number of allylic oxidation sites excluding steroid dienone is 4. The maximum atomic E-state index is 6.42. The lowest BCUT2D eigenvalue weighted by molar-refractivity contribution is -0.0440. The van der Waals surface area contributed by atoms with E-state index in [2.05, 4.69) is 66.7 Å². The van der Waals surface area contributed by atoms with E-state index in [-0.39, 0.29) is 6.10 Å². The highest BCUT2D eigenvalue weighted by Crippen LogP contribution is 2.57. The Morgan fingerprint density at radius 2 is 1.28 bits per heavy atom. The van der Waals surface area contributed by atoms with Crippen molar-refractivity contribution in [3.63, 3.8) is 0 Å². The van der Waals surface area contributed by atoms with Gasteiger partial charge in [-0.3, -0.25) is 0 Å². The number of hydrogen-bond acceptors (Lipinski definition) is 5. The Morgan fingerprint density at radius 3 is 1.97 bits per heavy atom. The van der Waals surface area contributed by atoms with Crippen molar-refractivity contribution >= 4 is 0 Å². The van der Waals surface area contributed by atoms with Gasteiger partial charge in [-0.1, -0.05) is 149 Å². The third kappa shape index (κ3) is 25.1. The van der Waals surface area contributed by atoms with Crippen molar-refractivity contribution < 1.29 is 23.7 Å². The predicted octanol–water partition coefficient (Wildman–Crippen LogP) is 17.2. The zero-order valence-corrected chi connectivity index (χ0v) is 44.0. The topological polar surface area (TPSA) is 46.2 Å². The van der Waals surface area contributed by atoms with Crippen molar-refractivity contribution in [2.75, 3.05) is 59.5 Å². The van der Waals surface area contributed by atoms with Crippen molar-refractivity contribution in [3.8, 4) is 0 Å². The van der Waals surface area contributed by atoms with Crippen molar-refractivity contribution in [2.24, 2.45) is 40.4 Å². The second-order valence-corrected chi connectivity index (χ2v) is 22.4. The molecule has 3 rings (SSSR count). The normalized spacial score (nSPS) is 24.7. The Labute approximate surface area is 399 Å². The van der Waals surface area contributed by atoms with Gasteiger partial charge in [-0.05, 0) is 163 Å². The molecule has 2 aliphatic carbocycles. The molecular weight excluding hydrogens is 789 g/mol. The van der Waals surface area contributed by atoms with Crippen LogP contribution in [0.5, 0.6) is 0 Å². The van der Waals surface area contributed by atoms with Crippen molar-refractivity contribution in [1.82, 2.24) is 0 Å². The molecule has 0 aromatic carbocycles. The molecule has 0 aromatic rings. The fraction of sp³-hybridized carbons (Fsp3) is 0.932. The van der Waals surface area contributed by atoms with Crippen LogP contribution in [-0.2, 0) is 23.7 Å². The molecule has 64 heavy (non-hydrogen) atoms. The SMILES string of the molecule is CCCCCCCCC=CCCCCCCCCOCC(CC1CCOCC1)OCCCOCCCOCCC[C@]1(C)CCC[C@@]2(C)[C@H](CCC=C1C)CC[C@@H]2[C@H](C)CCCC(C)C. The molecule has 6 atom stereocenters. The molecule has 0 bridgehead atoms. The zero-order chi connectivity index (χ0) is 46.0. The van der Waals surface area contributed by atoms with Crippen LogP contribution < -0.4 is 0 Å². The summed E-state index contributed by atoms with van der Waals surface area (Å²) in [5, 5.41) is 0. The molecule has 1 unspecified atom stereocenters. The summed E-state index contributed by atoms with van der Waals surface area (Å²) in [6.45, 7) is 24.6. The summed E-state index contributed by atoms with van der Waals surface area (Å²) < 4.78 is 30.4. The average Bonchev–Trinajstić information content (AvgIpc) is 3.61. The molecule has 0 spiro atoms. The second-order valence-electron chi connectivity index (χ2n) is 22.4. The van der Waals surface area contributed by atoms with Crippen LogP contribution >= 0.6 is 0 Å². The first kappa shape index (κ1) is 57.6. The number of fused-ring (bicyclic) bond motifs is 1. The van der Waals surface area contributed by atoms with E-state index >= 15 is 0 Å². The lowest BCUT2D eigenvalue weighted by Crippen LogP contribution is -2.33. The van der Waals surface area contributed by atoms with Crippen molar-refractivity contribution in [2.45, 2.75) is 254 Å². The van der Waals surface area contributed by atoms with Gasteiger partial charge in [0.25, 0.3) is 0 Å². The summed E-state index contributed by atoms with van der Waals surface area (Å²) in [7, 11) is 0. The van der Waals surface area contributed by atoms with Gasteiger partial charge in [0.15, 0.2) is 0 Å². The molecule has 3 aliphatic rings. The van der Waals surface area contributed by atoms with Crippen LogP contribution in [0, 0.1) is 40.4 Å². The van der Waals surface area contributed by atoms with Crippen LogP contribution in [0.2, 0.25) is 0 Å². The molecule has 0 N–H and O–H groups in total. The zero-order valence-electron chi connectivity index (χ0n) is 44.0. The molecule has 5 heteroatoms. The van der Waals surface area contributed by atoms with Crippen LogP contribution in [0.25, 0.3) is 0 Å². The number of rotatable bonds is 38. The van der Waals surface area contributed by atoms with Gasteiger partial charge in [-0.15, -0.1) is 0 Å². The Balaban J connectivity index is 1.20. The van der Waals surface area contributed by atoms with E-state index < -0.39 is 0 Å². The van der Waals surface area contributed by atoms with Gasteiger partial charge in [0, 0.05) is 52.9 Å². The third-order valence-electron chi connectivity index (χ3n) is 16.5. The summed E-state index contributed by atoms with van der Waals surface area (Å²) >= 11 is 0.